The van der Waals surface area contributed by atoms with Gasteiger partial charge in [-0.05, 0) is 30.7 Å². The van der Waals surface area contributed by atoms with E-state index in [1.165, 1.54) is 0 Å². The molecule has 27 heavy (non-hydrogen) atoms. The van der Waals surface area contributed by atoms with Crippen LogP contribution in [0.5, 0.6) is 11.5 Å². The molecule has 3 aromatic rings. The molecule has 3 rings (SSSR count). The summed E-state index contributed by atoms with van der Waals surface area (Å²) in [4.78, 5) is 16.7. The molecule has 7 nitrogen and oxygen atoms in total. The molecular formula is C20H21N3O4. The van der Waals surface area contributed by atoms with Crippen LogP contribution in [0.4, 0.5) is 0 Å². The van der Waals surface area contributed by atoms with E-state index in [1.807, 2.05) is 37.3 Å². The summed E-state index contributed by atoms with van der Waals surface area (Å²) in [5.74, 6) is 1.91. The molecule has 0 aliphatic heterocycles. The van der Waals surface area contributed by atoms with Crippen molar-refractivity contribution in [3.8, 4) is 22.9 Å². The number of amides is 1. The van der Waals surface area contributed by atoms with Crippen molar-refractivity contribution in [1.29, 1.82) is 0 Å². The molecule has 0 aliphatic rings. The van der Waals surface area contributed by atoms with Gasteiger partial charge in [-0.1, -0.05) is 42.4 Å². The molecule has 7 heteroatoms. The van der Waals surface area contributed by atoms with Crippen LogP contribution in [0.25, 0.3) is 11.4 Å². The number of carbonyl (C=O) groups excluding carboxylic acids is 1. The van der Waals surface area contributed by atoms with Crippen LogP contribution >= 0.6 is 0 Å². The number of ether oxygens (including phenoxy) is 2. The average molecular weight is 367 g/mol. The van der Waals surface area contributed by atoms with Crippen LogP contribution < -0.4 is 14.8 Å². The molecule has 1 heterocycles. The highest BCUT2D eigenvalue weighted by Gasteiger charge is 2.19. The highest BCUT2D eigenvalue weighted by atomic mass is 16.5. The van der Waals surface area contributed by atoms with Gasteiger partial charge in [-0.2, -0.15) is 4.98 Å². The second kappa shape index (κ2) is 8.84. The Labute approximate surface area is 157 Å². The maximum atomic E-state index is 12.4. The second-order valence-electron chi connectivity index (χ2n) is 5.79. The Hall–Kier alpha value is -3.35. The summed E-state index contributed by atoms with van der Waals surface area (Å²) < 4.78 is 16.1. The average Bonchev–Trinajstić information content (AvgIpc) is 3.20. The zero-order chi connectivity index (χ0) is 19.1. The number of methoxy groups -OCH3 is 1. The van der Waals surface area contributed by atoms with Gasteiger partial charge in [0.1, 0.15) is 11.5 Å². The van der Waals surface area contributed by atoms with Crippen molar-refractivity contribution in [2.75, 3.05) is 7.11 Å². The molecule has 0 fully saturated rings. The molecule has 0 spiro atoms. The van der Waals surface area contributed by atoms with E-state index in [-0.39, 0.29) is 12.5 Å². The first-order valence-corrected chi connectivity index (χ1v) is 8.66. The largest absolute Gasteiger partial charge is 0.497 e. The van der Waals surface area contributed by atoms with Crippen molar-refractivity contribution in [2.24, 2.45) is 0 Å². The fourth-order valence-corrected chi connectivity index (χ4v) is 2.45. The molecule has 0 radical (unpaired) electrons. The van der Waals surface area contributed by atoms with Gasteiger partial charge in [0.15, 0.2) is 6.10 Å². The Bertz CT molecular complexity index is 862. The van der Waals surface area contributed by atoms with Gasteiger partial charge in [0.25, 0.3) is 5.91 Å². The fraction of sp³-hybridized carbons (Fsp3) is 0.250. The van der Waals surface area contributed by atoms with Crippen molar-refractivity contribution < 1.29 is 18.8 Å². The smallest absolute Gasteiger partial charge is 0.261 e. The Kier molecular flexibility index (Phi) is 6.04. The van der Waals surface area contributed by atoms with Crippen LogP contribution in [0, 0.1) is 0 Å². The molecule has 1 amide bonds. The maximum Gasteiger partial charge on any atom is 0.261 e. The summed E-state index contributed by atoms with van der Waals surface area (Å²) in [5.41, 5.74) is 0.855. The Morgan fingerprint density at radius 3 is 2.48 bits per heavy atom. The first-order valence-electron chi connectivity index (χ1n) is 8.66. The molecule has 0 bridgehead atoms. The fourth-order valence-electron chi connectivity index (χ4n) is 2.45. The molecule has 1 N–H and O–H groups in total. The van der Waals surface area contributed by atoms with E-state index in [9.17, 15) is 4.79 Å². The number of carbonyl (C=O) groups is 1. The van der Waals surface area contributed by atoms with Crippen LogP contribution in [0.15, 0.2) is 59.1 Å². The third-order valence-electron chi connectivity index (χ3n) is 3.91. The van der Waals surface area contributed by atoms with Gasteiger partial charge in [0.05, 0.1) is 13.7 Å². The molecule has 0 saturated carbocycles. The lowest BCUT2D eigenvalue weighted by Gasteiger charge is -2.16. The molecule has 0 saturated heterocycles. The highest BCUT2D eigenvalue weighted by molar-refractivity contribution is 5.81. The van der Waals surface area contributed by atoms with Gasteiger partial charge in [-0.3, -0.25) is 4.79 Å². The first kappa shape index (κ1) is 18.4. The minimum Gasteiger partial charge on any atom is -0.497 e. The predicted molar refractivity (Wildman–Crippen MR) is 99.3 cm³/mol. The van der Waals surface area contributed by atoms with Crippen LogP contribution in [-0.2, 0) is 11.3 Å². The molecular weight excluding hydrogens is 346 g/mol. The summed E-state index contributed by atoms with van der Waals surface area (Å²) >= 11 is 0. The van der Waals surface area contributed by atoms with Crippen molar-refractivity contribution in [1.82, 2.24) is 15.5 Å². The van der Waals surface area contributed by atoms with Gasteiger partial charge < -0.3 is 19.3 Å². The lowest BCUT2D eigenvalue weighted by atomic mass is 10.2. The van der Waals surface area contributed by atoms with E-state index in [1.54, 1.807) is 31.4 Å². The molecule has 0 unspecified atom stereocenters. The Balaban J connectivity index is 1.56. The van der Waals surface area contributed by atoms with Crippen LogP contribution in [-0.4, -0.2) is 29.3 Å². The molecule has 1 aromatic heterocycles. The molecule has 1 atom stereocenters. The van der Waals surface area contributed by atoms with Gasteiger partial charge in [0.2, 0.25) is 11.7 Å². The second-order valence-corrected chi connectivity index (χ2v) is 5.79. The molecule has 2 aromatic carbocycles. The van der Waals surface area contributed by atoms with E-state index in [2.05, 4.69) is 15.5 Å². The van der Waals surface area contributed by atoms with Crippen LogP contribution in [0.2, 0.25) is 0 Å². The number of benzene rings is 2. The summed E-state index contributed by atoms with van der Waals surface area (Å²) in [7, 11) is 1.60. The monoisotopic (exact) mass is 367 g/mol. The van der Waals surface area contributed by atoms with Crippen molar-refractivity contribution in [3.05, 3.63) is 60.5 Å². The lowest BCUT2D eigenvalue weighted by molar-refractivity contribution is -0.128. The normalized spacial score (nSPS) is 11.6. The Morgan fingerprint density at radius 1 is 1.11 bits per heavy atom. The standard InChI is InChI=1S/C20H21N3O4/c1-3-17(26-16-11-9-15(25-2)10-12-16)20(24)21-13-18-22-19(23-27-18)14-7-5-4-6-8-14/h4-12,17H,3,13H2,1-2H3,(H,21,24)/t17-/m0/s1. The van der Waals surface area contributed by atoms with E-state index in [0.717, 1.165) is 11.3 Å². The van der Waals surface area contributed by atoms with Crippen LogP contribution in [0.3, 0.4) is 0 Å². The minimum atomic E-state index is -0.616. The third-order valence-corrected chi connectivity index (χ3v) is 3.91. The highest BCUT2D eigenvalue weighted by Crippen LogP contribution is 2.19. The Morgan fingerprint density at radius 2 is 1.81 bits per heavy atom. The first-order chi connectivity index (χ1) is 13.2. The number of hydrogen-bond acceptors (Lipinski definition) is 6. The zero-order valence-electron chi connectivity index (χ0n) is 15.2. The number of rotatable bonds is 8. The van der Waals surface area contributed by atoms with E-state index >= 15 is 0 Å². The van der Waals surface area contributed by atoms with Crippen molar-refractivity contribution in [2.45, 2.75) is 26.0 Å². The quantitative estimate of drug-likeness (QED) is 0.658. The maximum absolute atomic E-state index is 12.4. The summed E-state index contributed by atoms with van der Waals surface area (Å²) in [6.07, 6.45) is -0.0911. The van der Waals surface area contributed by atoms with Gasteiger partial charge in [-0.25, -0.2) is 0 Å². The summed E-state index contributed by atoms with van der Waals surface area (Å²) in [6, 6.07) is 16.6. The zero-order valence-corrected chi connectivity index (χ0v) is 15.2. The topological polar surface area (TPSA) is 86.5 Å². The number of nitrogens with zero attached hydrogens (tertiary/aromatic N) is 2. The van der Waals surface area contributed by atoms with Crippen LogP contribution in [0.1, 0.15) is 19.2 Å². The van der Waals surface area contributed by atoms with Crippen molar-refractivity contribution in [3.63, 3.8) is 0 Å². The molecule has 0 aliphatic carbocycles. The predicted octanol–water partition coefficient (Wildman–Crippen LogP) is 3.22. The summed E-state index contributed by atoms with van der Waals surface area (Å²) in [5, 5.41) is 6.71. The minimum absolute atomic E-state index is 0.140. The van der Waals surface area contributed by atoms with E-state index < -0.39 is 6.10 Å². The van der Waals surface area contributed by atoms with Crippen molar-refractivity contribution >= 4 is 5.91 Å². The lowest BCUT2D eigenvalue weighted by Crippen LogP contribution is -2.37. The van der Waals surface area contributed by atoms with Gasteiger partial charge in [-0.15, -0.1) is 0 Å². The number of hydrogen-bond donors (Lipinski definition) is 1. The summed E-state index contributed by atoms with van der Waals surface area (Å²) in [6.45, 7) is 2.02. The van der Waals surface area contributed by atoms with E-state index in [4.69, 9.17) is 14.0 Å². The SMILES string of the molecule is CC[C@H](Oc1ccc(OC)cc1)C(=O)NCc1nc(-c2ccccc2)no1. The number of nitrogens with one attached hydrogen (secondary N) is 1. The number of aromatic nitrogens is 2. The van der Waals surface area contributed by atoms with Gasteiger partial charge in [0, 0.05) is 5.56 Å². The molecule has 140 valence electrons. The van der Waals surface area contributed by atoms with E-state index in [0.29, 0.717) is 23.9 Å². The van der Waals surface area contributed by atoms with Gasteiger partial charge >= 0.3 is 0 Å². The third kappa shape index (κ3) is 4.84.